The molecule has 1 amide bonds. The van der Waals surface area contributed by atoms with Gasteiger partial charge >= 0.3 is 0 Å². The fourth-order valence-electron chi connectivity index (χ4n) is 3.87. The van der Waals surface area contributed by atoms with E-state index in [0.717, 1.165) is 0 Å². The second-order valence-corrected chi connectivity index (χ2v) is 7.22. The molecular formula is C22H22FN3O5. The summed E-state index contributed by atoms with van der Waals surface area (Å²) < 4.78 is 31.4. The predicted octanol–water partition coefficient (Wildman–Crippen LogP) is 3.59. The monoisotopic (exact) mass is 427 g/mol. The van der Waals surface area contributed by atoms with Crippen LogP contribution in [0, 0.1) is 11.7 Å². The van der Waals surface area contributed by atoms with Crippen LogP contribution in [0.3, 0.4) is 0 Å². The van der Waals surface area contributed by atoms with Gasteiger partial charge in [-0.25, -0.2) is 14.9 Å². The van der Waals surface area contributed by atoms with E-state index in [1.807, 2.05) is 0 Å². The molecule has 1 atom stereocenters. The zero-order valence-electron chi connectivity index (χ0n) is 16.9. The summed E-state index contributed by atoms with van der Waals surface area (Å²) in [6.45, 7) is 0.993. The summed E-state index contributed by atoms with van der Waals surface area (Å²) in [4.78, 5) is 20.8. The molecule has 4 rings (SSSR count). The van der Waals surface area contributed by atoms with E-state index in [4.69, 9.17) is 14.2 Å². The zero-order chi connectivity index (χ0) is 21.8. The van der Waals surface area contributed by atoms with Gasteiger partial charge in [0, 0.05) is 37.1 Å². The van der Waals surface area contributed by atoms with Crippen molar-refractivity contribution in [3.05, 3.63) is 54.0 Å². The van der Waals surface area contributed by atoms with E-state index in [9.17, 15) is 10.0 Å². The standard InChI is InChI=1S/C22H22FN3O5/c1-29-19-5-4-16-18(6-9-24-21(16)25-19)31-14-2-3-15(17(23)12-14)20(22(27)26-28)13-7-10-30-11-8-13/h2-6,9,12-13,20,28H,7-8,10-11H2,1H3,(H,26,27)/t20-/m0/s1. The molecule has 0 aliphatic carbocycles. The number of hydroxylamine groups is 1. The van der Waals surface area contributed by atoms with E-state index in [0.29, 0.717) is 48.7 Å². The second kappa shape index (κ2) is 9.23. The first-order valence-corrected chi connectivity index (χ1v) is 9.89. The van der Waals surface area contributed by atoms with E-state index < -0.39 is 17.6 Å². The van der Waals surface area contributed by atoms with E-state index in [2.05, 4.69) is 9.97 Å². The Hall–Kier alpha value is -3.30. The van der Waals surface area contributed by atoms with Crippen molar-refractivity contribution in [2.24, 2.45) is 5.92 Å². The quantitative estimate of drug-likeness (QED) is 0.458. The summed E-state index contributed by atoms with van der Waals surface area (Å²) in [5.74, 6) is -1.03. The van der Waals surface area contributed by atoms with Gasteiger partial charge < -0.3 is 14.2 Å². The molecule has 3 aromatic rings. The number of fused-ring (bicyclic) bond motifs is 1. The molecule has 1 aliphatic rings. The maximum Gasteiger partial charge on any atom is 0.251 e. The number of aromatic nitrogens is 2. The number of pyridine rings is 2. The number of nitrogens with zero attached hydrogens (tertiary/aromatic N) is 2. The summed E-state index contributed by atoms with van der Waals surface area (Å²) in [6.07, 6.45) is 2.76. The summed E-state index contributed by atoms with van der Waals surface area (Å²) >= 11 is 0. The van der Waals surface area contributed by atoms with Gasteiger partial charge in [-0.2, -0.15) is 4.98 Å². The fourth-order valence-corrected chi connectivity index (χ4v) is 3.87. The number of carbonyl (C=O) groups excluding carboxylic acids is 1. The molecule has 3 heterocycles. The predicted molar refractivity (Wildman–Crippen MR) is 109 cm³/mol. The largest absolute Gasteiger partial charge is 0.481 e. The minimum absolute atomic E-state index is 0.132. The number of halogens is 1. The third kappa shape index (κ3) is 4.42. The molecule has 31 heavy (non-hydrogen) atoms. The van der Waals surface area contributed by atoms with Gasteiger partial charge in [-0.15, -0.1) is 0 Å². The van der Waals surface area contributed by atoms with Crippen LogP contribution in [0.25, 0.3) is 11.0 Å². The van der Waals surface area contributed by atoms with E-state index in [-0.39, 0.29) is 17.2 Å². The van der Waals surface area contributed by atoms with Crippen LogP contribution in [0.5, 0.6) is 17.4 Å². The van der Waals surface area contributed by atoms with Crippen molar-refractivity contribution in [1.82, 2.24) is 15.4 Å². The maximum absolute atomic E-state index is 15.1. The highest BCUT2D eigenvalue weighted by Crippen LogP contribution is 2.36. The molecule has 9 heteroatoms. The number of nitrogens with one attached hydrogen (secondary N) is 1. The smallest absolute Gasteiger partial charge is 0.251 e. The number of carbonyl (C=O) groups is 1. The normalized spacial score (nSPS) is 15.5. The molecule has 162 valence electrons. The Morgan fingerprint density at radius 1 is 1.26 bits per heavy atom. The molecular weight excluding hydrogens is 405 g/mol. The molecule has 1 aromatic carbocycles. The van der Waals surface area contributed by atoms with E-state index >= 15 is 4.39 Å². The first-order chi connectivity index (χ1) is 15.1. The van der Waals surface area contributed by atoms with E-state index in [1.165, 1.54) is 19.2 Å². The summed E-state index contributed by atoms with van der Waals surface area (Å²) in [6, 6.07) is 9.46. The Labute approximate surface area is 177 Å². The number of hydrogen-bond acceptors (Lipinski definition) is 7. The lowest BCUT2D eigenvalue weighted by atomic mass is 9.80. The molecule has 2 aromatic heterocycles. The minimum atomic E-state index is -0.818. The van der Waals surface area contributed by atoms with Gasteiger partial charge in [-0.3, -0.25) is 10.0 Å². The topological polar surface area (TPSA) is 103 Å². The van der Waals surface area contributed by atoms with Crippen LogP contribution in [0.15, 0.2) is 42.6 Å². The number of rotatable bonds is 6. The molecule has 0 radical (unpaired) electrons. The fraction of sp³-hybridized carbons (Fsp3) is 0.318. The van der Waals surface area contributed by atoms with Gasteiger partial charge in [0.2, 0.25) is 5.88 Å². The molecule has 1 fully saturated rings. The lowest BCUT2D eigenvalue weighted by Gasteiger charge is -2.29. The van der Waals surface area contributed by atoms with Crippen molar-refractivity contribution in [2.75, 3.05) is 20.3 Å². The second-order valence-electron chi connectivity index (χ2n) is 7.22. The van der Waals surface area contributed by atoms with Crippen molar-refractivity contribution < 1.29 is 28.6 Å². The van der Waals surface area contributed by atoms with Gasteiger partial charge in [-0.1, -0.05) is 6.07 Å². The van der Waals surface area contributed by atoms with Gasteiger partial charge in [-0.05, 0) is 37.0 Å². The van der Waals surface area contributed by atoms with Gasteiger partial charge in [0.1, 0.15) is 17.3 Å². The SMILES string of the molecule is COc1ccc2c(Oc3ccc([C@@H](C(=O)NO)C4CCOCC4)c(F)c3)ccnc2n1. The van der Waals surface area contributed by atoms with Crippen LogP contribution in [-0.2, 0) is 9.53 Å². The number of amides is 1. The lowest BCUT2D eigenvalue weighted by molar-refractivity contribution is -0.133. The average molecular weight is 427 g/mol. The summed E-state index contributed by atoms with van der Waals surface area (Å²) in [5.41, 5.74) is 2.31. The Bertz CT molecular complexity index is 1090. The molecule has 0 unspecified atom stereocenters. The van der Waals surface area contributed by atoms with Crippen LogP contribution >= 0.6 is 0 Å². The molecule has 8 nitrogen and oxygen atoms in total. The third-order valence-corrected chi connectivity index (χ3v) is 5.41. The summed E-state index contributed by atoms with van der Waals surface area (Å²) in [5, 5.41) is 9.82. The van der Waals surface area contributed by atoms with Gasteiger partial charge in [0.15, 0.2) is 5.65 Å². The molecule has 0 spiro atoms. The highest BCUT2D eigenvalue weighted by molar-refractivity contribution is 5.83. The van der Waals surface area contributed by atoms with Crippen molar-refractivity contribution in [1.29, 1.82) is 0 Å². The number of methoxy groups -OCH3 is 1. The van der Waals surface area contributed by atoms with Crippen molar-refractivity contribution in [3.63, 3.8) is 0 Å². The van der Waals surface area contributed by atoms with Crippen molar-refractivity contribution in [3.8, 4) is 17.4 Å². The van der Waals surface area contributed by atoms with Gasteiger partial charge in [0.05, 0.1) is 18.4 Å². The third-order valence-electron chi connectivity index (χ3n) is 5.41. The highest BCUT2D eigenvalue weighted by Gasteiger charge is 2.33. The first kappa shape index (κ1) is 21.0. The van der Waals surface area contributed by atoms with Crippen molar-refractivity contribution in [2.45, 2.75) is 18.8 Å². The Morgan fingerprint density at radius 3 is 2.77 bits per heavy atom. The molecule has 0 saturated carbocycles. The lowest BCUT2D eigenvalue weighted by Crippen LogP contribution is -2.34. The molecule has 2 N–H and O–H groups in total. The summed E-state index contributed by atoms with van der Waals surface area (Å²) in [7, 11) is 1.52. The highest BCUT2D eigenvalue weighted by atomic mass is 19.1. The molecule has 1 saturated heterocycles. The number of benzene rings is 1. The first-order valence-electron chi connectivity index (χ1n) is 9.89. The Kier molecular flexibility index (Phi) is 6.24. The van der Waals surface area contributed by atoms with Crippen LogP contribution in [0.1, 0.15) is 24.3 Å². The Balaban J connectivity index is 1.63. The minimum Gasteiger partial charge on any atom is -0.481 e. The molecule has 1 aliphatic heterocycles. The van der Waals surface area contributed by atoms with Crippen LogP contribution < -0.4 is 15.0 Å². The number of hydrogen-bond donors (Lipinski definition) is 2. The van der Waals surface area contributed by atoms with Gasteiger partial charge in [0.25, 0.3) is 5.91 Å². The van der Waals surface area contributed by atoms with E-state index in [1.54, 1.807) is 35.9 Å². The van der Waals surface area contributed by atoms with Crippen LogP contribution in [0.4, 0.5) is 4.39 Å². The molecule has 0 bridgehead atoms. The number of ether oxygens (including phenoxy) is 3. The average Bonchev–Trinajstić information content (AvgIpc) is 2.81. The van der Waals surface area contributed by atoms with Crippen LogP contribution in [0.2, 0.25) is 0 Å². The van der Waals surface area contributed by atoms with Crippen molar-refractivity contribution >= 4 is 16.9 Å². The zero-order valence-corrected chi connectivity index (χ0v) is 16.9. The maximum atomic E-state index is 15.1. The van der Waals surface area contributed by atoms with Crippen LogP contribution in [-0.4, -0.2) is 41.4 Å². The Morgan fingerprint density at radius 2 is 2.06 bits per heavy atom.